The van der Waals surface area contributed by atoms with E-state index in [1.807, 2.05) is 60.7 Å². The molecule has 0 unspecified atom stereocenters. The number of carbonyl (C=O) groups excluding carboxylic acids is 1. The molecule has 0 bridgehead atoms. The van der Waals surface area contributed by atoms with Gasteiger partial charge in [-0.3, -0.25) is 4.79 Å². The van der Waals surface area contributed by atoms with Crippen molar-refractivity contribution in [3.63, 3.8) is 0 Å². The highest BCUT2D eigenvalue weighted by Gasteiger charge is 2.54. The number of hydrogen-bond donors (Lipinski definition) is 0. The Labute approximate surface area is 118 Å². The van der Waals surface area contributed by atoms with Gasteiger partial charge in [0.05, 0.1) is 6.07 Å². The zero-order valence-electron chi connectivity index (χ0n) is 11.1. The maximum Gasteiger partial charge on any atom is 0.166 e. The van der Waals surface area contributed by atoms with Gasteiger partial charge < -0.3 is 0 Å². The van der Waals surface area contributed by atoms with E-state index >= 15 is 0 Å². The Morgan fingerprint density at radius 3 is 2.20 bits per heavy atom. The maximum absolute atomic E-state index is 12.6. The molecular weight excluding hydrogens is 246 g/mol. The molecule has 0 heterocycles. The average molecular weight is 261 g/mol. The fraction of sp³-hybridized carbons (Fsp3) is 0.222. The van der Waals surface area contributed by atoms with Gasteiger partial charge in [0.25, 0.3) is 0 Å². The van der Waals surface area contributed by atoms with Crippen LogP contribution in [0.3, 0.4) is 0 Å². The number of rotatable bonds is 4. The fourth-order valence-corrected chi connectivity index (χ4v) is 3.02. The molecule has 2 aromatic carbocycles. The van der Waals surface area contributed by atoms with Crippen LogP contribution in [0.4, 0.5) is 0 Å². The number of hydrogen-bond acceptors (Lipinski definition) is 2. The van der Waals surface area contributed by atoms with Crippen molar-refractivity contribution in [1.29, 1.82) is 5.26 Å². The van der Waals surface area contributed by atoms with Crippen molar-refractivity contribution in [3.05, 3.63) is 71.8 Å². The fourth-order valence-electron chi connectivity index (χ4n) is 3.02. The number of benzene rings is 2. The van der Waals surface area contributed by atoms with Crippen molar-refractivity contribution in [2.75, 3.05) is 0 Å². The average Bonchev–Trinajstić information content (AvgIpc) is 3.23. The predicted molar refractivity (Wildman–Crippen MR) is 77.2 cm³/mol. The number of Topliss-reactive ketones (excluding diaryl/α,β-unsaturated/α-hetero) is 1. The first kappa shape index (κ1) is 12.6. The van der Waals surface area contributed by atoms with Gasteiger partial charge in [-0.15, -0.1) is 0 Å². The molecule has 1 aliphatic carbocycles. The summed E-state index contributed by atoms with van der Waals surface area (Å²) in [4.78, 5) is 12.6. The molecule has 0 aromatic heterocycles. The molecule has 1 aliphatic rings. The van der Waals surface area contributed by atoms with Crippen LogP contribution in [0.25, 0.3) is 0 Å². The monoisotopic (exact) mass is 261 g/mol. The number of nitriles is 1. The lowest BCUT2D eigenvalue weighted by Crippen LogP contribution is -2.04. The number of carbonyl (C=O) groups is 1. The standard InChI is InChI=1S/C18H15NO/c19-12-11-15-16(13-7-3-1-4-8-13)17(15)18(20)14-9-5-2-6-10-14/h1-10,15-17H,11H2/t15-,16+,17+/m0/s1. The normalized spacial score (nSPS) is 23.9. The van der Waals surface area contributed by atoms with Crippen molar-refractivity contribution in [3.8, 4) is 6.07 Å². The van der Waals surface area contributed by atoms with E-state index in [1.54, 1.807) is 0 Å². The molecule has 3 rings (SSSR count). The SMILES string of the molecule is N#CC[C@@H]1[C@@H](C(=O)c2ccccc2)[C@@H]1c1ccccc1. The summed E-state index contributed by atoms with van der Waals surface area (Å²) in [7, 11) is 0. The molecule has 1 saturated carbocycles. The van der Waals surface area contributed by atoms with Gasteiger partial charge in [-0.05, 0) is 17.4 Å². The zero-order valence-corrected chi connectivity index (χ0v) is 11.1. The highest BCUT2D eigenvalue weighted by Crippen LogP contribution is 2.56. The van der Waals surface area contributed by atoms with E-state index in [9.17, 15) is 4.79 Å². The molecule has 2 nitrogen and oxygen atoms in total. The van der Waals surface area contributed by atoms with Gasteiger partial charge in [-0.1, -0.05) is 60.7 Å². The van der Waals surface area contributed by atoms with Gasteiger partial charge in [-0.25, -0.2) is 0 Å². The first-order valence-electron chi connectivity index (χ1n) is 6.84. The number of nitrogens with zero attached hydrogens (tertiary/aromatic N) is 1. The third-order valence-corrected chi connectivity index (χ3v) is 4.04. The second kappa shape index (κ2) is 5.30. The molecule has 0 amide bonds. The quantitative estimate of drug-likeness (QED) is 0.785. The summed E-state index contributed by atoms with van der Waals surface area (Å²) in [5, 5.41) is 8.95. The minimum atomic E-state index is -0.0422. The van der Waals surface area contributed by atoms with Crippen LogP contribution in [0.2, 0.25) is 0 Å². The van der Waals surface area contributed by atoms with Crippen molar-refractivity contribution in [1.82, 2.24) is 0 Å². The topological polar surface area (TPSA) is 40.9 Å². The summed E-state index contributed by atoms with van der Waals surface area (Å²) >= 11 is 0. The maximum atomic E-state index is 12.6. The van der Waals surface area contributed by atoms with Crippen LogP contribution < -0.4 is 0 Å². The molecule has 0 aliphatic heterocycles. The van der Waals surface area contributed by atoms with Crippen molar-refractivity contribution < 1.29 is 4.79 Å². The Balaban J connectivity index is 1.86. The van der Waals surface area contributed by atoms with E-state index in [1.165, 1.54) is 5.56 Å². The summed E-state index contributed by atoms with van der Waals surface area (Å²) in [6, 6.07) is 21.6. The van der Waals surface area contributed by atoms with Crippen LogP contribution in [0.1, 0.15) is 28.3 Å². The molecule has 0 radical (unpaired) electrons. The second-order valence-electron chi connectivity index (χ2n) is 5.22. The third-order valence-electron chi connectivity index (χ3n) is 4.04. The Hall–Kier alpha value is -2.40. The first-order chi connectivity index (χ1) is 9.83. The third kappa shape index (κ3) is 2.23. The zero-order chi connectivity index (χ0) is 13.9. The predicted octanol–water partition coefficient (Wildman–Crippen LogP) is 3.81. The van der Waals surface area contributed by atoms with Crippen molar-refractivity contribution >= 4 is 5.78 Å². The van der Waals surface area contributed by atoms with Gasteiger partial charge in [0, 0.05) is 17.9 Å². The Kier molecular flexibility index (Phi) is 3.35. The first-order valence-corrected chi connectivity index (χ1v) is 6.84. The molecule has 98 valence electrons. The summed E-state index contributed by atoms with van der Waals surface area (Å²) in [5.41, 5.74) is 1.92. The Morgan fingerprint density at radius 1 is 1.00 bits per heavy atom. The minimum absolute atomic E-state index is 0.0422. The summed E-state index contributed by atoms with van der Waals surface area (Å²) in [5.74, 6) is 0.484. The van der Waals surface area contributed by atoms with Crippen LogP contribution in [0.15, 0.2) is 60.7 Å². The molecule has 2 heteroatoms. The van der Waals surface area contributed by atoms with Gasteiger partial charge in [0.1, 0.15) is 0 Å². The molecule has 0 N–H and O–H groups in total. The van der Waals surface area contributed by atoms with Crippen LogP contribution >= 0.6 is 0 Å². The van der Waals surface area contributed by atoms with Gasteiger partial charge in [-0.2, -0.15) is 5.26 Å². The minimum Gasteiger partial charge on any atom is -0.294 e. The lowest BCUT2D eigenvalue weighted by molar-refractivity contribution is 0.0959. The molecule has 1 fully saturated rings. The van der Waals surface area contributed by atoms with Crippen molar-refractivity contribution in [2.24, 2.45) is 11.8 Å². The van der Waals surface area contributed by atoms with E-state index in [-0.39, 0.29) is 23.5 Å². The lowest BCUT2D eigenvalue weighted by Gasteiger charge is -2.00. The van der Waals surface area contributed by atoms with Crippen LogP contribution in [-0.4, -0.2) is 5.78 Å². The largest absolute Gasteiger partial charge is 0.294 e. The Morgan fingerprint density at radius 2 is 1.60 bits per heavy atom. The summed E-state index contributed by atoms with van der Waals surface area (Å²) in [6.45, 7) is 0. The lowest BCUT2D eigenvalue weighted by atomic mass is 10.0. The Bertz CT molecular complexity index is 642. The van der Waals surface area contributed by atoms with E-state index in [0.717, 1.165) is 5.56 Å². The molecule has 3 atom stereocenters. The van der Waals surface area contributed by atoms with Crippen LogP contribution in [0, 0.1) is 23.2 Å². The van der Waals surface area contributed by atoms with Crippen molar-refractivity contribution in [2.45, 2.75) is 12.3 Å². The number of ketones is 1. The van der Waals surface area contributed by atoms with E-state index in [4.69, 9.17) is 5.26 Å². The van der Waals surface area contributed by atoms with E-state index < -0.39 is 0 Å². The molecule has 2 aromatic rings. The van der Waals surface area contributed by atoms with Gasteiger partial charge >= 0.3 is 0 Å². The summed E-state index contributed by atoms with van der Waals surface area (Å²) in [6.07, 6.45) is 0.447. The highest BCUT2D eigenvalue weighted by atomic mass is 16.1. The molecular formula is C18H15NO. The van der Waals surface area contributed by atoms with Gasteiger partial charge in [0.2, 0.25) is 0 Å². The second-order valence-corrected chi connectivity index (χ2v) is 5.22. The smallest absolute Gasteiger partial charge is 0.166 e. The molecule has 0 spiro atoms. The summed E-state index contributed by atoms with van der Waals surface area (Å²) < 4.78 is 0. The highest BCUT2D eigenvalue weighted by molar-refractivity contribution is 6.00. The molecule has 0 saturated heterocycles. The van der Waals surface area contributed by atoms with Crippen LogP contribution in [0.5, 0.6) is 0 Å². The van der Waals surface area contributed by atoms with E-state index in [2.05, 4.69) is 6.07 Å². The van der Waals surface area contributed by atoms with E-state index in [0.29, 0.717) is 6.42 Å². The van der Waals surface area contributed by atoms with Gasteiger partial charge in [0.15, 0.2) is 5.78 Å². The molecule has 20 heavy (non-hydrogen) atoms. The van der Waals surface area contributed by atoms with Crippen LogP contribution in [-0.2, 0) is 0 Å².